The minimum atomic E-state index is -0.385. The van der Waals surface area contributed by atoms with Crippen molar-refractivity contribution in [1.29, 1.82) is 0 Å². The Morgan fingerprint density at radius 3 is 3.12 bits per heavy atom. The van der Waals surface area contributed by atoms with Crippen molar-refractivity contribution in [3.63, 3.8) is 0 Å². The zero-order valence-corrected chi connectivity index (χ0v) is 13.0. The molecule has 1 aliphatic heterocycles. The molecule has 8 nitrogen and oxygen atoms in total. The number of anilines is 2. The van der Waals surface area contributed by atoms with Crippen LogP contribution in [0.3, 0.4) is 0 Å². The molecule has 3 amide bonds. The monoisotopic (exact) mass is 328 g/mol. The Kier molecular flexibility index (Phi) is 4.46. The topological polar surface area (TPSA) is 102 Å². The Hall–Kier alpha value is -3.29. The standard InChI is InChI=1S/C16H16N4O4/c1-23-15-10(3-2-6-17-15)8-18-16(22)19-11-4-5-13-12(7-11)20-14(21)9-24-13/h2-7H,8-9H2,1H3,(H,20,21)(H2,18,19,22). The summed E-state index contributed by atoms with van der Waals surface area (Å²) in [6, 6.07) is 8.22. The molecule has 24 heavy (non-hydrogen) atoms. The number of urea groups is 1. The van der Waals surface area contributed by atoms with Crippen molar-refractivity contribution in [1.82, 2.24) is 10.3 Å². The van der Waals surface area contributed by atoms with Crippen LogP contribution in [-0.4, -0.2) is 30.6 Å². The summed E-state index contributed by atoms with van der Waals surface area (Å²) >= 11 is 0. The van der Waals surface area contributed by atoms with E-state index >= 15 is 0 Å². The van der Waals surface area contributed by atoms with Crippen LogP contribution in [0.15, 0.2) is 36.5 Å². The molecule has 3 rings (SSSR count). The first-order valence-electron chi connectivity index (χ1n) is 7.25. The van der Waals surface area contributed by atoms with Crippen LogP contribution in [0.2, 0.25) is 0 Å². The lowest BCUT2D eigenvalue weighted by atomic mass is 10.2. The Morgan fingerprint density at radius 1 is 1.42 bits per heavy atom. The van der Waals surface area contributed by atoms with Gasteiger partial charge in [0, 0.05) is 24.0 Å². The molecule has 1 aromatic carbocycles. The minimum absolute atomic E-state index is 0.00674. The number of carbonyl (C=O) groups excluding carboxylic acids is 2. The number of rotatable bonds is 4. The zero-order valence-electron chi connectivity index (χ0n) is 13.0. The SMILES string of the molecule is COc1ncccc1CNC(=O)Nc1ccc2c(c1)NC(=O)CO2. The molecule has 1 aliphatic rings. The fourth-order valence-corrected chi connectivity index (χ4v) is 2.25. The number of methoxy groups -OCH3 is 1. The van der Waals surface area contributed by atoms with Crippen molar-refractivity contribution in [3.05, 3.63) is 42.1 Å². The van der Waals surface area contributed by atoms with Gasteiger partial charge in [-0.2, -0.15) is 0 Å². The lowest BCUT2D eigenvalue weighted by molar-refractivity contribution is -0.118. The van der Waals surface area contributed by atoms with Gasteiger partial charge in [0.25, 0.3) is 5.91 Å². The Bertz CT molecular complexity index is 778. The van der Waals surface area contributed by atoms with E-state index in [1.165, 1.54) is 7.11 Å². The van der Waals surface area contributed by atoms with E-state index in [1.54, 1.807) is 30.5 Å². The second kappa shape index (κ2) is 6.86. The van der Waals surface area contributed by atoms with Crippen LogP contribution in [0.25, 0.3) is 0 Å². The average Bonchev–Trinajstić information content (AvgIpc) is 2.60. The molecule has 0 saturated carbocycles. The molecule has 2 aromatic rings. The van der Waals surface area contributed by atoms with Gasteiger partial charge in [0.15, 0.2) is 6.61 Å². The summed E-state index contributed by atoms with van der Waals surface area (Å²) in [5, 5.41) is 8.10. The largest absolute Gasteiger partial charge is 0.482 e. The van der Waals surface area contributed by atoms with Crippen molar-refractivity contribution in [2.24, 2.45) is 0 Å². The predicted molar refractivity (Wildman–Crippen MR) is 87.2 cm³/mol. The third-order valence-corrected chi connectivity index (χ3v) is 3.35. The van der Waals surface area contributed by atoms with E-state index in [-0.39, 0.29) is 25.1 Å². The van der Waals surface area contributed by atoms with Crippen LogP contribution in [0.4, 0.5) is 16.2 Å². The number of carbonyl (C=O) groups is 2. The maximum absolute atomic E-state index is 12.0. The number of fused-ring (bicyclic) bond motifs is 1. The zero-order chi connectivity index (χ0) is 16.9. The van der Waals surface area contributed by atoms with Gasteiger partial charge in [-0.3, -0.25) is 4.79 Å². The first kappa shape index (κ1) is 15.6. The minimum Gasteiger partial charge on any atom is -0.482 e. The molecule has 0 bridgehead atoms. The highest BCUT2D eigenvalue weighted by Crippen LogP contribution is 2.30. The summed E-state index contributed by atoms with van der Waals surface area (Å²) in [6.07, 6.45) is 1.62. The summed E-state index contributed by atoms with van der Waals surface area (Å²) < 4.78 is 10.4. The number of amides is 3. The smallest absolute Gasteiger partial charge is 0.319 e. The second-order valence-corrected chi connectivity index (χ2v) is 5.03. The summed E-state index contributed by atoms with van der Waals surface area (Å²) in [5.74, 6) is 0.805. The molecule has 124 valence electrons. The van der Waals surface area contributed by atoms with Crippen LogP contribution in [0.5, 0.6) is 11.6 Å². The average molecular weight is 328 g/mol. The predicted octanol–water partition coefficient (Wildman–Crippen LogP) is 1.74. The molecule has 3 N–H and O–H groups in total. The van der Waals surface area contributed by atoms with Crippen molar-refractivity contribution in [2.75, 3.05) is 24.4 Å². The van der Waals surface area contributed by atoms with Crippen molar-refractivity contribution < 1.29 is 19.1 Å². The van der Waals surface area contributed by atoms with Crippen LogP contribution in [-0.2, 0) is 11.3 Å². The van der Waals surface area contributed by atoms with Crippen LogP contribution in [0, 0.1) is 0 Å². The quantitative estimate of drug-likeness (QED) is 0.793. The maximum Gasteiger partial charge on any atom is 0.319 e. The summed E-state index contributed by atoms with van der Waals surface area (Å²) in [4.78, 5) is 27.4. The number of nitrogens with one attached hydrogen (secondary N) is 3. The van der Waals surface area contributed by atoms with Crippen LogP contribution >= 0.6 is 0 Å². The van der Waals surface area contributed by atoms with Gasteiger partial charge in [-0.25, -0.2) is 9.78 Å². The fourth-order valence-electron chi connectivity index (χ4n) is 2.25. The van der Waals surface area contributed by atoms with Crippen LogP contribution < -0.4 is 25.4 Å². The number of ether oxygens (including phenoxy) is 2. The van der Waals surface area contributed by atoms with E-state index < -0.39 is 0 Å². The number of hydrogen-bond donors (Lipinski definition) is 3. The Morgan fingerprint density at radius 2 is 2.29 bits per heavy atom. The van der Waals surface area contributed by atoms with Gasteiger partial charge in [0.2, 0.25) is 5.88 Å². The highest BCUT2D eigenvalue weighted by molar-refractivity contribution is 5.97. The second-order valence-electron chi connectivity index (χ2n) is 5.03. The number of pyridine rings is 1. The lowest BCUT2D eigenvalue weighted by Crippen LogP contribution is -2.29. The number of aromatic nitrogens is 1. The normalized spacial score (nSPS) is 12.5. The molecular weight excluding hydrogens is 312 g/mol. The maximum atomic E-state index is 12.0. The van der Waals surface area contributed by atoms with Gasteiger partial charge < -0.3 is 25.4 Å². The van der Waals surface area contributed by atoms with Gasteiger partial charge in [0.1, 0.15) is 5.75 Å². The molecule has 0 fully saturated rings. The molecule has 1 aromatic heterocycles. The summed E-state index contributed by atoms with van der Waals surface area (Å²) in [7, 11) is 1.52. The first-order chi connectivity index (χ1) is 11.7. The van der Waals surface area contributed by atoms with Gasteiger partial charge in [-0.05, 0) is 24.3 Å². The molecule has 0 unspecified atom stereocenters. The van der Waals surface area contributed by atoms with E-state index in [4.69, 9.17) is 9.47 Å². The Balaban J connectivity index is 1.61. The number of benzene rings is 1. The molecule has 0 aliphatic carbocycles. The van der Waals surface area contributed by atoms with E-state index in [9.17, 15) is 9.59 Å². The molecule has 0 spiro atoms. The van der Waals surface area contributed by atoms with Gasteiger partial charge in [-0.15, -0.1) is 0 Å². The van der Waals surface area contributed by atoms with Crippen molar-refractivity contribution >= 4 is 23.3 Å². The van der Waals surface area contributed by atoms with E-state index in [1.807, 2.05) is 6.07 Å². The summed E-state index contributed by atoms with van der Waals surface area (Å²) in [6.45, 7) is 0.265. The van der Waals surface area contributed by atoms with Gasteiger partial charge >= 0.3 is 6.03 Å². The van der Waals surface area contributed by atoms with Gasteiger partial charge in [0.05, 0.1) is 12.8 Å². The van der Waals surface area contributed by atoms with E-state index in [2.05, 4.69) is 20.9 Å². The third kappa shape index (κ3) is 3.54. The molecule has 0 saturated heterocycles. The van der Waals surface area contributed by atoms with Crippen molar-refractivity contribution in [3.8, 4) is 11.6 Å². The molecule has 8 heteroatoms. The molecule has 0 radical (unpaired) electrons. The summed E-state index contributed by atoms with van der Waals surface area (Å²) in [5.41, 5.74) is 1.83. The third-order valence-electron chi connectivity index (χ3n) is 3.35. The number of nitrogens with zero attached hydrogens (tertiary/aromatic N) is 1. The number of hydrogen-bond acceptors (Lipinski definition) is 5. The molecule has 2 heterocycles. The molecule has 0 atom stereocenters. The highest BCUT2D eigenvalue weighted by atomic mass is 16.5. The van der Waals surface area contributed by atoms with E-state index in [0.717, 1.165) is 5.56 Å². The molecular formula is C16H16N4O4. The van der Waals surface area contributed by atoms with Gasteiger partial charge in [-0.1, -0.05) is 6.07 Å². The Labute approximate surface area is 138 Å². The van der Waals surface area contributed by atoms with Crippen LogP contribution in [0.1, 0.15) is 5.56 Å². The van der Waals surface area contributed by atoms with E-state index in [0.29, 0.717) is 23.0 Å². The first-order valence-corrected chi connectivity index (χ1v) is 7.25. The highest BCUT2D eigenvalue weighted by Gasteiger charge is 2.16. The fraction of sp³-hybridized carbons (Fsp3) is 0.188. The lowest BCUT2D eigenvalue weighted by Gasteiger charge is -2.18. The van der Waals surface area contributed by atoms with Crippen molar-refractivity contribution in [2.45, 2.75) is 6.54 Å².